The Bertz CT molecular complexity index is 229. The summed E-state index contributed by atoms with van der Waals surface area (Å²) in [6.07, 6.45) is 3.08. The van der Waals surface area contributed by atoms with Gasteiger partial charge in [0, 0.05) is 21.3 Å². The minimum absolute atomic E-state index is 0.118. The summed E-state index contributed by atoms with van der Waals surface area (Å²) in [4.78, 5) is 11.6. The van der Waals surface area contributed by atoms with Crippen molar-refractivity contribution in [3.8, 4) is 0 Å². The summed E-state index contributed by atoms with van der Waals surface area (Å²) in [6, 6.07) is 0. The second-order valence-corrected chi connectivity index (χ2v) is 5.49. The molecular formula is C10H20O5Si. The summed E-state index contributed by atoms with van der Waals surface area (Å²) in [6.45, 7) is 3.63. The molecule has 0 saturated heterocycles. The molecule has 0 aliphatic heterocycles. The molecule has 0 amide bonds. The molecule has 0 spiro atoms. The third kappa shape index (κ3) is 4.15. The Balaban J connectivity index is 4.67. The molecule has 0 heterocycles. The Hall–Kier alpha value is -0.533. The average molecular weight is 248 g/mol. The van der Waals surface area contributed by atoms with E-state index < -0.39 is 15.2 Å². The monoisotopic (exact) mass is 248 g/mol. The van der Waals surface area contributed by atoms with Crippen LogP contribution in [0.1, 0.15) is 20.3 Å². The smallest absolute Gasteiger partial charge is 0.355 e. The molecule has 0 saturated carbocycles. The van der Waals surface area contributed by atoms with Gasteiger partial charge in [-0.05, 0) is 19.4 Å². The number of rotatable bonds is 8. The van der Waals surface area contributed by atoms with Crippen LogP contribution in [-0.2, 0) is 22.5 Å². The lowest BCUT2D eigenvalue weighted by molar-refractivity contribution is -0.126. The van der Waals surface area contributed by atoms with Crippen molar-refractivity contribution < 1.29 is 22.5 Å². The first-order valence-corrected chi connectivity index (χ1v) is 6.72. The zero-order valence-corrected chi connectivity index (χ0v) is 11.5. The predicted octanol–water partition coefficient (Wildman–Crippen LogP) is 1.30. The summed E-state index contributed by atoms with van der Waals surface area (Å²) in [5.74, 6) is -0.118. The highest BCUT2D eigenvalue weighted by Crippen LogP contribution is 2.14. The molecular weight excluding hydrogens is 228 g/mol. The van der Waals surface area contributed by atoms with Crippen LogP contribution in [0, 0.1) is 0 Å². The van der Waals surface area contributed by atoms with E-state index in [0.29, 0.717) is 6.42 Å². The largest absolute Gasteiger partial charge is 0.679 e. The molecule has 0 aromatic carbocycles. The second kappa shape index (κ2) is 7.69. The van der Waals surface area contributed by atoms with Crippen LogP contribution in [-0.4, -0.2) is 42.3 Å². The Morgan fingerprint density at radius 3 is 2.06 bits per heavy atom. The molecule has 5 nitrogen and oxygen atoms in total. The number of carbonyl (C=O) groups excluding carboxylic acids is 1. The van der Waals surface area contributed by atoms with Gasteiger partial charge in [-0.2, -0.15) is 0 Å². The lowest BCUT2D eigenvalue weighted by Crippen LogP contribution is -2.50. The standard InChI is InChI=1S/C10H20O5Si/c1-6-8-9(11)10(7-2)15-16(12-3,13-4)14-5/h6,8,10H,7H2,1-5H3. The first-order valence-electron chi connectivity index (χ1n) is 5.08. The number of allylic oxidation sites excluding steroid dienone is 1. The van der Waals surface area contributed by atoms with Crippen molar-refractivity contribution in [3.63, 3.8) is 0 Å². The summed E-state index contributed by atoms with van der Waals surface area (Å²) < 4.78 is 20.8. The SMILES string of the molecule is CC=CC(=O)C(CC)O[Si](OC)(OC)OC. The zero-order chi connectivity index (χ0) is 12.6. The van der Waals surface area contributed by atoms with Gasteiger partial charge in [0.1, 0.15) is 6.10 Å². The van der Waals surface area contributed by atoms with Crippen LogP contribution in [0.15, 0.2) is 12.2 Å². The van der Waals surface area contributed by atoms with Gasteiger partial charge in [0.05, 0.1) is 0 Å². The van der Waals surface area contributed by atoms with E-state index in [1.807, 2.05) is 6.92 Å². The topological polar surface area (TPSA) is 54.0 Å². The van der Waals surface area contributed by atoms with E-state index in [2.05, 4.69) is 0 Å². The number of hydrogen-bond donors (Lipinski definition) is 0. The van der Waals surface area contributed by atoms with Crippen LogP contribution >= 0.6 is 0 Å². The van der Waals surface area contributed by atoms with Gasteiger partial charge >= 0.3 is 9.05 Å². The summed E-state index contributed by atoms with van der Waals surface area (Å²) in [5, 5.41) is 0. The van der Waals surface area contributed by atoms with E-state index in [1.54, 1.807) is 13.0 Å². The molecule has 0 fully saturated rings. The van der Waals surface area contributed by atoms with Crippen LogP contribution in [0.25, 0.3) is 0 Å². The molecule has 1 unspecified atom stereocenters. The highest BCUT2D eigenvalue weighted by atomic mass is 28.4. The number of carbonyl (C=O) groups is 1. The molecule has 0 aromatic rings. The minimum atomic E-state index is -3.15. The molecule has 6 heteroatoms. The van der Waals surface area contributed by atoms with Gasteiger partial charge in [-0.3, -0.25) is 4.79 Å². The van der Waals surface area contributed by atoms with Crippen molar-refractivity contribution >= 4 is 14.8 Å². The van der Waals surface area contributed by atoms with E-state index in [0.717, 1.165) is 0 Å². The van der Waals surface area contributed by atoms with Gasteiger partial charge in [-0.25, -0.2) is 0 Å². The lowest BCUT2D eigenvalue weighted by atomic mass is 10.2. The summed E-state index contributed by atoms with van der Waals surface area (Å²) >= 11 is 0. The third-order valence-corrected chi connectivity index (χ3v) is 4.13. The molecule has 1 atom stereocenters. The fourth-order valence-electron chi connectivity index (χ4n) is 1.18. The lowest BCUT2D eigenvalue weighted by Gasteiger charge is -2.26. The van der Waals surface area contributed by atoms with Crippen LogP contribution in [0.2, 0.25) is 0 Å². The molecule has 94 valence electrons. The Morgan fingerprint density at radius 1 is 1.25 bits per heavy atom. The fraction of sp³-hybridized carbons (Fsp3) is 0.700. The van der Waals surface area contributed by atoms with Gasteiger partial charge in [-0.1, -0.05) is 13.0 Å². The molecule has 0 aliphatic rings. The highest BCUT2D eigenvalue weighted by molar-refractivity contribution is 6.53. The van der Waals surface area contributed by atoms with Crippen molar-refractivity contribution in [2.45, 2.75) is 26.4 Å². The molecule has 0 radical (unpaired) electrons. The van der Waals surface area contributed by atoms with Crippen molar-refractivity contribution in [2.75, 3.05) is 21.3 Å². The van der Waals surface area contributed by atoms with Crippen LogP contribution < -0.4 is 0 Å². The predicted molar refractivity (Wildman–Crippen MR) is 61.8 cm³/mol. The highest BCUT2D eigenvalue weighted by Gasteiger charge is 2.45. The van der Waals surface area contributed by atoms with Gasteiger partial charge in [0.25, 0.3) is 0 Å². The van der Waals surface area contributed by atoms with Crippen molar-refractivity contribution in [2.24, 2.45) is 0 Å². The zero-order valence-electron chi connectivity index (χ0n) is 10.5. The maximum atomic E-state index is 11.6. The van der Waals surface area contributed by atoms with E-state index >= 15 is 0 Å². The second-order valence-electron chi connectivity index (χ2n) is 3.03. The van der Waals surface area contributed by atoms with Crippen LogP contribution in [0.5, 0.6) is 0 Å². The van der Waals surface area contributed by atoms with Crippen molar-refractivity contribution in [1.29, 1.82) is 0 Å². The van der Waals surface area contributed by atoms with Gasteiger partial charge in [0.2, 0.25) is 0 Å². The Kier molecular flexibility index (Phi) is 7.44. The normalized spacial score (nSPS) is 14.3. The molecule has 0 rings (SSSR count). The van der Waals surface area contributed by atoms with Crippen LogP contribution in [0.3, 0.4) is 0 Å². The maximum absolute atomic E-state index is 11.6. The molecule has 0 N–H and O–H groups in total. The first-order chi connectivity index (χ1) is 7.59. The third-order valence-electron chi connectivity index (χ3n) is 2.06. The van der Waals surface area contributed by atoms with Crippen LogP contribution in [0.4, 0.5) is 0 Å². The number of hydrogen-bond acceptors (Lipinski definition) is 5. The van der Waals surface area contributed by atoms with E-state index in [-0.39, 0.29) is 5.78 Å². The van der Waals surface area contributed by atoms with E-state index in [1.165, 1.54) is 27.4 Å². The summed E-state index contributed by atoms with van der Waals surface area (Å²) in [7, 11) is 1.16. The Labute approximate surface area is 97.8 Å². The van der Waals surface area contributed by atoms with E-state index in [4.69, 9.17) is 17.7 Å². The fourth-order valence-corrected chi connectivity index (χ4v) is 2.60. The van der Waals surface area contributed by atoms with E-state index in [9.17, 15) is 4.79 Å². The van der Waals surface area contributed by atoms with Crippen molar-refractivity contribution in [3.05, 3.63) is 12.2 Å². The minimum Gasteiger partial charge on any atom is -0.355 e. The number of ketones is 1. The average Bonchev–Trinajstić information content (AvgIpc) is 2.32. The quantitative estimate of drug-likeness (QED) is 0.479. The molecule has 0 bridgehead atoms. The maximum Gasteiger partial charge on any atom is 0.679 e. The van der Waals surface area contributed by atoms with Gasteiger partial charge in [-0.15, -0.1) is 0 Å². The molecule has 16 heavy (non-hydrogen) atoms. The molecule has 0 aromatic heterocycles. The van der Waals surface area contributed by atoms with Gasteiger partial charge < -0.3 is 17.7 Å². The Morgan fingerprint density at radius 2 is 1.75 bits per heavy atom. The van der Waals surface area contributed by atoms with Gasteiger partial charge in [0.15, 0.2) is 5.78 Å². The summed E-state index contributed by atoms with van der Waals surface area (Å²) in [5.41, 5.74) is 0. The molecule has 0 aliphatic carbocycles. The van der Waals surface area contributed by atoms with Crippen molar-refractivity contribution in [1.82, 2.24) is 0 Å². The first kappa shape index (κ1) is 15.5.